The topological polar surface area (TPSA) is 43.9 Å². The van der Waals surface area contributed by atoms with E-state index in [1.807, 2.05) is 35.2 Å². The molecule has 2 aromatic rings. The molecule has 2 saturated heterocycles. The van der Waals surface area contributed by atoms with Crippen LogP contribution in [0.5, 0.6) is 0 Å². The number of hydrogen-bond donors (Lipinski definition) is 0. The Bertz CT molecular complexity index is 933. The minimum atomic E-state index is -4.35. The summed E-state index contributed by atoms with van der Waals surface area (Å²) in [5.74, 6) is 0.0815. The number of nitrogens with zero attached hydrogens (tertiary/aromatic N) is 3. The van der Waals surface area contributed by atoms with E-state index in [0.717, 1.165) is 30.8 Å². The molecule has 8 heteroatoms. The van der Waals surface area contributed by atoms with Gasteiger partial charge in [-0.05, 0) is 36.2 Å². The number of alkyl halides is 3. The summed E-state index contributed by atoms with van der Waals surface area (Å²) in [5, 5.41) is 0. The molecule has 0 saturated carbocycles. The molecule has 0 spiro atoms. The van der Waals surface area contributed by atoms with Crippen LogP contribution in [-0.4, -0.2) is 71.8 Å². The van der Waals surface area contributed by atoms with Crippen molar-refractivity contribution in [1.29, 1.82) is 0 Å². The van der Waals surface area contributed by atoms with Gasteiger partial charge in [-0.25, -0.2) is 0 Å². The van der Waals surface area contributed by atoms with Crippen LogP contribution >= 0.6 is 0 Å². The molecule has 2 aliphatic rings. The number of piperazine rings is 1. The van der Waals surface area contributed by atoms with Gasteiger partial charge in [0.2, 0.25) is 5.91 Å². The Balaban J connectivity index is 1.18. The van der Waals surface area contributed by atoms with Gasteiger partial charge in [0, 0.05) is 57.3 Å². The summed E-state index contributed by atoms with van der Waals surface area (Å²) in [6, 6.07) is 14.6. The van der Waals surface area contributed by atoms with Gasteiger partial charge >= 0.3 is 6.18 Å². The Morgan fingerprint density at radius 2 is 1.47 bits per heavy atom. The Morgan fingerprint density at radius 1 is 0.844 bits per heavy atom. The Morgan fingerprint density at radius 3 is 2.06 bits per heavy atom. The molecular weight excluding hydrogens is 419 g/mol. The summed E-state index contributed by atoms with van der Waals surface area (Å²) >= 11 is 0. The summed E-state index contributed by atoms with van der Waals surface area (Å²) in [7, 11) is 0. The van der Waals surface area contributed by atoms with Crippen LogP contribution in [0.3, 0.4) is 0 Å². The van der Waals surface area contributed by atoms with Crippen molar-refractivity contribution >= 4 is 11.8 Å². The first-order valence-corrected chi connectivity index (χ1v) is 10.8. The van der Waals surface area contributed by atoms with E-state index in [1.54, 1.807) is 4.90 Å². The van der Waals surface area contributed by atoms with Gasteiger partial charge in [0.15, 0.2) is 0 Å². The van der Waals surface area contributed by atoms with Crippen molar-refractivity contribution in [2.45, 2.75) is 25.1 Å². The predicted octanol–water partition coefficient (Wildman–Crippen LogP) is 3.31. The predicted molar refractivity (Wildman–Crippen MR) is 114 cm³/mol. The largest absolute Gasteiger partial charge is 0.416 e. The van der Waals surface area contributed by atoms with Crippen molar-refractivity contribution < 1.29 is 22.8 Å². The van der Waals surface area contributed by atoms with Crippen LogP contribution in [0.2, 0.25) is 0 Å². The van der Waals surface area contributed by atoms with Crippen LogP contribution in [0.4, 0.5) is 13.2 Å². The second-order valence-electron chi connectivity index (χ2n) is 8.34. The number of hydrogen-bond acceptors (Lipinski definition) is 3. The molecule has 0 N–H and O–H groups in total. The monoisotopic (exact) mass is 445 g/mol. The first kappa shape index (κ1) is 22.3. The number of aryl methyl sites for hydroxylation is 1. The van der Waals surface area contributed by atoms with E-state index in [-0.39, 0.29) is 18.2 Å². The van der Waals surface area contributed by atoms with Gasteiger partial charge in [-0.3, -0.25) is 14.5 Å². The molecule has 0 atom stereocenters. The van der Waals surface area contributed by atoms with Gasteiger partial charge in [0.25, 0.3) is 5.91 Å². The van der Waals surface area contributed by atoms with Gasteiger partial charge in [0.05, 0.1) is 5.56 Å². The van der Waals surface area contributed by atoms with Crippen molar-refractivity contribution in [2.24, 2.45) is 0 Å². The lowest BCUT2D eigenvalue weighted by molar-refractivity contribution is -0.139. The molecule has 32 heavy (non-hydrogen) atoms. The molecular formula is C24H26F3N3O2. The zero-order valence-corrected chi connectivity index (χ0v) is 17.7. The van der Waals surface area contributed by atoms with Crippen molar-refractivity contribution in [3.8, 4) is 0 Å². The normalized spacial score (nSPS) is 17.8. The van der Waals surface area contributed by atoms with Crippen molar-refractivity contribution in [2.75, 3.05) is 39.3 Å². The van der Waals surface area contributed by atoms with E-state index in [2.05, 4.69) is 4.90 Å². The lowest BCUT2D eigenvalue weighted by Crippen LogP contribution is -2.64. The maximum atomic E-state index is 12.6. The molecule has 0 aliphatic carbocycles. The molecule has 2 heterocycles. The van der Waals surface area contributed by atoms with Crippen LogP contribution in [0.1, 0.15) is 27.9 Å². The van der Waals surface area contributed by atoms with Gasteiger partial charge < -0.3 is 9.80 Å². The van der Waals surface area contributed by atoms with Crippen molar-refractivity contribution in [3.05, 3.63) is 71.3 Å². The third kappa shape index (κ3) is 5.12. The molecule has 0 unspecified atom stereocenters. The second kappa shape index (κ2) is 9.32. The molecule has 170 valence electrons. The van der Waals surface area contributed by atoms with E-state index < -0.39 is 11.7 Å². The minimum absolute atomic E-state index is 0.0269. The highest BCUT2D eigenvalue weighted by molar-refractivity contribution is 5.94. The number of amides is 2. The van der Waals surface area contributed by atoms with Crippen LogP contribution < -0.4 is 0 Å². The maximum absolute atomic E-state index is 12.6. The van der Waals surface area contributed by atoms with Crippen LogP contribution in [0, 0.1) is 0 Å². The Kier molecular flexibility index (Phi) is 6.50. The molecule has 2 aliphatic heterocycles. The number of carbonyl (C=O) groups is 2. The van der Waals surface area contributed by atoms with Gasteiger partial charge in [-0.15, -0.1) is 0 Å². The van der Waals surface area contributed by atoms with Crippen molar-refractivity contribution in [3.63, 3.8) is 0 Å². The number of likely N-dealkylation sites (tertiary alicyclic amines) is 1. The lowest BCUT2D eigenvalue weighted by Gasteiger charge is -2.48. The fraction of sp³-hybridized carbons (Fsp3) is 0.417. The fourth-order valence-corrected chi connectivity index (χ4v) is 4.21. The first-order valence-electron chi connectivity index (χ1n) is 10.8. The Labute approximate surface area is 185 Å². The Hall–Kier alpha value is -2.87. The summed E-state index contributed by atoms with van der Waals surface area (Å²) in [6.07, 6.45) is -3.63. The van der Waals surface area contributed by atoms with E-state index in [9.17, 15) is 22.8 Å². The summed E-state index contributed by atoms with van der Waals surface area (Å²) in [4.78, 5) is 31.0. The second-order valence-corrected chi connectivity index (χ2v) is 8.34. The summed E-state index contributed by atoms with van der Waals surface area (Å²) < 4.78 is 37.9. The molecule has 5 nitrogen and oxygen atoms in total. The standard InChI is InChI=1S/C24H26F3N3O2/c25-24(26,27)20-9-6-18(7-10-20)8-11-22(31)30-16-21(17-30)28-12-14-29(15-13-28)23(32)19-4-2-1-3-5-19/h1-7,9-10,21H,8,11-17H2. The van der Waals surface area contributed by atoms with E-state index in [1.165, 1.54) is 12.1 Å². The van der Waals surface area contributed by atoms with Gasteiger partial charge in [0.1, 0.15) is 0 Å². The van der Waals surface area contributed by atoms with E-state index >= 15 is 0 Å². The number of rotatable bonds is 5. The zero-order valence-electron chi connectivity index (χ0n) is 17.7. The third-order valence-electron chi connectivity index (χ3n) is 6.26. The zero-order chi connectivity index (χ0) is 22.7. The van der Waals surface area contributed by atoms with Crippen molar-refractivity contribution in [1.82, 2.24) is 14.7 Å². The lowest BCUT2D eigenvalue weighted by atomic mass is 10.0. The van der Waals surface area contributed by atoms with E-state index in [4.69, 9.17) is 0 Å². The maximum Gasteiger partial charge on any atom is 0.416 e. The third-order valence-corrected chi connectivity index (χ3v) is 6.26. The number of carbonyl (C=O) groups excluding carboxylic acids is 2. The number of halogens is 3. The van der Waals surface area contributed by atoms with Crippen LogP contribution in [0.25, 0.3) is 0 Å². The molecule has 2 fully saturated rings. The van der Waals surface area contributed by atoms with Gasteiger partial charge in [-0.1, -0.05) is 30.3 Å². The average Bonchev–Trinajstić information content (AvgIpc) is 2.77. The molecule has 0 aromatic heterocycles. The van der Waals surface area contributed by atoms with Crippen LogP contribution in [-0.2, 0) is 17.4 Å². The van der Waals surface area contributed by atoms with Gasteiger partial charge in [-0.2, -0.15) is 13.2 Å². The van der Waals surface area contributed by atoms with E-state index in [0.29, 0.717) is 44.2 Å². The molecule has 0 radical (unpaired) electrons. The highest BCUT2D eigenvalue weighted by Gasteiger charge is 2.36. The highest BCUT2D eigenvalue weighted by Crippen LogP contribution is 2.29. The SMILES string of the molecule is O=C(CCc1ccc(C(F)(F)F)cc1)N1CC(N2CCN(C(=O)c3ccccc3)CC2)C1. The summed E-state index contributed by atoms with van der Waals surface area (Å²) in [5.41, 5.74) is 0.751. The van der Waals surface area contributed by atoms with Crippen LogP contribution in [0.15, 0.2) is 54.6 Å². The highest BCUT2D eigenvalue weighted by atomic mass is 19.4. The summed E-state index contributed by atoms with van der Waals surface area (Å²) in [6.45, 7) is 4.25. The first-order chi connectivity index (χ1) is 15.3. The average molecular weight is 445 g/mol. The molecule has 4 rings (SSSR count). The number of benzene rings is 2. The molecule has 2 aromatic carbocycles. The smallest absolute Gasteiger partial charge is 0.339 e. The minimum Gasteiger partial charge on any atom is -0.339 e. The fourth-order valence-electron chi connectivity index (χ4n) is 4.21. The molecule has 2 amide bonds. The quantitative estimate of drug-likeness (QED) is 0.710. The molecule has 0 bridgehead atoms.